The fourth-order valence-electron chi connectivity index (χ4n) is 3.40. The molecule has 0 unspecified atom stereocenters. The Hall–Kier alpha value is -3.28. The number of carbonyl (C=O) groups is 1. The molecule has 2 N–H and O–H groups in total. The van der Waals surface area contributed by atoms with Crippen LogP contribution in [-0.4, -0.2) is 28.9 Å². The van der Waals surface area contributed by atoms with Crippen LogP contribution in [0.15, 0.2) is 67.0 Å². The molecule has 3 aromatic rings. The molecule has 2 heterocycles. The summed E-state index contributed by atoms with van der Waals surface area (Å²) >= 11 is 0. The normalized spacial score (nSPS) is 13.5. The van der Waals surface area contributed by atoms with Gasteiger partial charge in [0.1, 0.15) is 0 Å². The largest absolute Gasteiger partial charge is 0.372 e. The van der Waals surface area contributed by atoms with Gasteiger partial charge in [0, 0.05) is 43.6 Å². The van der Waals surface area contributed by atoms with Gasteiger partial charge >= 0.3 is 6.03 Å². The Morgan fingerprint density at radius 1 is 0.857 bits per heavy atom. The summed E-state index contributed by atoms with van der Waals surface area (Å²) in [5.74, 6) is 0. The first-order valence-corrected chi connectivity index (χ1v) is 9.72. The number of rotatable bonds is 6. The number of nitrogens with one attached hydrogen (secondary N) is 2. The molecule has 2 amide bonds. The number of benzene rings is 2. The molecule has 2 aromatic carbocycles. The van der Waals surface area contributed by atoms with Crippen molar-refractivity contribution in [3.63, 3.8) is 0 Å². The van der Waals surface area contributed by atoms with Crippen LogP contribution in [0, 0.1) is 0 Å². The molecule has 1 aromatic heterocycles. The highest BCUT2D eigenvalue weighted by molar-refractivity contribution is 5.73. The van der Waals surface area contributed by atoms with Gasteiger partial charge in [0.05, 0.1) is 11.9 Å². The minimum atomic E-state index is -0.184. The molecule has 4 rings (SSSR count). The van der Waals surface area contributed by atoms with Gasteiger partial charge in [-0.15, -0.1) is 0 Å². The van der Waals surface area contributed by atoms with Gasteiger partial charge in [-0.1, -0.05) is 30.3 Å². The molecule has 0 saturated carbocycles. The molecular formula is C22H25N5O. The van der Waals surface area contributed by atoms with Crippen LogP contribution in [0.5, 0.6) is 0 Å². The Balaban J connectivity index is 1.23. The van der Waals surface area contributed by atoms with Crippen molar-refractivity contribution >= 4 is 11.7 Å². The Labute approximate surface area is 165 Å². The molecule has 144 valence electrons. The molecule has 1 aliphatic heterocycles. The van der Waals surface area contributed by atoms with Crippen molar-refractivity contribution in [3.8, 4) is 5.69 Å². The zero-order chi connectivity index (χ0) is 19.2. The van der Waals surface area contributed by atoms with E-state index in [9.17, 15) is 4.79 Å². The standard InChI is InChI=1S/C22H25N5O/c28-22(23-14-18-8-10-20(11-9-18)26-12-4-5-13-26)24-15-19-16-25-27(17-19)21-6-2-1-3-7-21/h1-3,6-11,16-17H,4-5,12-15H2,(H2,23,24,28). The fraction of sp³-hybridized carbons (Fsp3) is 0.273. The second-order valence-electron chi connectivity index (χ2n) is 7.03. The number of aromatic nitrogens is 2. The van der Waals surface area contributed by atoms with Crippen LogP contribution < -0.4 is 15.5 Å². The summed E-state index contributed by atoms with van der Waals surface area (Å²) in [6.07, 6.45) is 6.23. The summed E-state index contributed by atoms with van der Waals surface area (Å²) < 4.78 is 1.80. The first-order chi connectivity index (χ1) is 13.8. The molecule has 28 heavy (non-hydrogen) atoms. The van der Waals surface area contributed by atoms with Crippen molar-refractivity contribution < 1.29 is 4.79 Å². The van der Waals surface area contributed by atoms with Crippen molar-refractivity contribution in [2.75, 3.05) is 18.0 Å². The lowest BCUT2D eigenvalue weighted by atomic mass is 10.2. The van der Waals surface area contributed by atoms with Gasteiger partial charge in [-0.05, 0) is 42.7 Å². The molecule has 1 fully saturated rings. The van der Waals surface area contributed by atoms with Crippen molar-refractivity contribution in [2.45, 2.75) is 25.9 Å². The summed E-state index contributed by atoms with van der Waals surface area (Å²) in [6, 6.07) is 18.2. The Morgan fingerprint density at radius 2 is 1.54 bits per heavy atom. The number of carbonyl (C=O) groups excluding carboxylic acids is 1. The van der Waals surface area contributed by atoms with Crippen LogP contribution in [0.25, 0.3) is 5.69 Å². The van der Waals surface area contributed by atoms with Crippen molar-refractivity contribution in [1.82, 2.24) is 20.4 Å². The topological polar surface area (TPSA) is 62.2 Å². The SMILES string of the molecule is O=C(NCc1ccc(N2CCCC2)cc1)NCc1cnn(-c2ccccc2)c1. The third-order valence-corrected chi connectivity index (χ3v) is 4.97. The van der Waals surface area contributed by atoms with E-state index in [-0.39, 0.29) is 6.03 Å². The maximum Gasteiger partial charge on any atom is 0.315 e. The van der Waals surface area contributed by atoms with Gasteiger partial charge in [0.2, 0.25) is 0 Å². The van der Waals surface area contributed by atoms with E-state index in [4.69, 9.17) is 0 Å². The van der Waals surface area contributed by atoms with Crippen LogP contribution in [0.3, 0.4) is 0 Å². The van der Waals surface area contributed by atoms with Crippen molar-refractivity contribution in [1.29, 1.82) is 0 Å². The Morgan fingerprint density at radius 3 is 2.25 bits per heavy atom. The average Bonchev–Trinajstić information content (AvgIpc) is 3.44. The van der Waals surface area contributed by atoms with E-state index in [2.05, 4.69) is 44.9 Å². The average molecular weight is 375 g/mol. The van der Waals surface area contributed by atoms with Gasteiger partial charge < -0.3 is 15.5 Å². The lowest BCUT2D eigenvalue weighted by Crippen LogP contribution is -2.34. The predicted molar refractivity (Wildman–Crippen MR) is 111 cm³/mol. The number of urea groups is 1. The molecule has 6 heteroatoms. The van der Waals surface area contributed by atoms with E-state index >= 15 is 0 Å². The fourth-order valence-corrected chi connectivity index (χ4v) is 3.40. The van der Waals surface area contributed by atoms with Gasteiger partial charge in [-0.3, -0.25) is 0 Å². The first kappa shape index (κ1) is 18.1. The number of hydrogen-bond acceptors (Lipinski definition) is 3. The minimum absolute atomic E-state index is 0.184. The summed E-state index contributed by atoms with van der Waals surface area (Å²) in [4.78, 5) is 14.5. The number of hydrogen-bond donors (Lipinski definition) is 2. The summed E-state index contributed by atoms with van der Waals surface area (Å²) in [5, 5.41) is 10.1. The lowest BCUT2D eigenvalue weighted by Gasteiger charge is -2.17. The van der Waals surface area contributed by atoms with E-state index in [0.717, 1.165) is 29.9 Å². The third-order valence-electron chi connectivity index (χ3n) is 4.97. The van der Waals surface area contributed by atoms with E-state index < -0.39 is 0 Å². The van der Waals surface area contributed by atoms with Gasteiger partial charge in [0.25, 0.3) is 0 Å². The smallest absolute Gasteiger partial charge is 0.315 e. The molecule has 0 aliphatic carbocycles. The maximum absolute atomic E-state index is 12.1. The van der Waals surface area contributed by atoms with E-state index in [1.165, 1.54) is 18.5 Å². The van der Waals surface area contributed by atoms with E-state index in [0.29, 0.717) is 13.1 Å². The molecule has 0 radical (unpaired) electrons. The minimum Gasteiger partial charge on any atom is -0.372 e. The first-order valence-electron chi connectivity index (χ1n) is 9.72. The Kier molecular flexibility index (Phi) is 5.56. The molecule has 1 aliphatic rings. The third kappa shape index (κ3) is 4.52. The van der Waals surface area contributed by atoms with Gasteiger partial charge in [-0.2, -0.15) is 5.10 Å². The number of amides is 2. The summed E-state index contributed by atoms with van der Waals surface area (Å²) in [6.45, 7) is 3.23. The van der Waals surface area contributed by atoms with Crippen LogP contribution in [0.1, 0.15) is 24.0 Å². The van der Waals surface area contributed by atoms with Crippen LogP contribution in [0.4, 0.5) is 10.5 Å². The van der Waals surface area contributed by atoms with Gasteiger partial charge in [0.15, 0.2) is 0 Å². The molecule has 0 atom stereocenters. The lowest BCUT2D eigenvalue weighted by molar-refractivity contribution is 0.240. The quantitative estimate of drug-likeness (QED) is 0.693. The second-order valence-corrected chi connectivity index (χ2v) is 7.03. The highest BCUT2D eigenvalue weighted by Crippen LogP contribution is 2.20. The highest BCUT2D eigenvalue weighted by Gasteiger charge is 2.11. The molecule has 0 bridgehead atoms. The molecule has 0 spiro atoms. The van der Waals surface area contributed by atoms with E-state index in [1.54, 1.807) is 10.9 Å². The van der Waals surface area contributed by atoms with Crippen LogP contribution >= 0.6 is 0 Å². The maximum atomic E-state index is 12.1. The molecular weight excluding hydrogens is 350 g/mol. The zero-order valence-corrected chi connectivity index (χ0v) is 15.8. The number of para-hydroxylation sites is 1. The number of nitrogens with zero attached hydrogens (tertiary/aromatic N) is 3. The Bertz CT molecular complexity index is 898. The molecule has 1 saturated heterocycles. The predicted octanol–water partition coefficient (Wildman–Crippen LogP) is 3.47. The number of anilines is 1. The van der Waals surface area contributed by atoms with Crippen LogP contribution in [0.2, 0.25) is 0 Å². The summed E-state index contributed by atoms with van der Waals surface area (Å²) in [5.41, 5.74) is 4.31. The molecule has 6 nitrogen and oxygen atoms in total. The van der Waals surface area contributed by atoms with E-state index in [1.807, 2.05) is 36.5 Å². The summed E-state index contributed by atoms with van der Waals surface area (Å²) in [7, 11) is 0. The van der Waals surface area contributed by atoms with Crippen molar-refractivity contribution in [2.24, 2.45) is 0 Å². The monoisotopic (exact) mass is 375 g/mol. The zero-order valence-electron chi connectivity index (χ0n) is 15.8. The second kappa shape index (κ2) is 8.61. The van der Waals surface area contributed by atoms with Gasteiger partial charge in [-0.25, -0.2) is 9.48 Å². The van der Waals surface area contributed by atoms with Crippen molar-refractivity contribution in [3.05, 3.63) is 78.1 Å². The van der Waals surface area contributed by atoms with Crippen LogP contribution in [-0.2, 0) is 13.1 Å². The highest BCUT2D eigenvalue weighted by atomic mass is 16.2.